The summed E-state index contributed by atoms with van der Waals surface area (Å²) < 4.78 is 0.206. The van der Waals surface area contributed by atoms with E-state index in [1.165, 1.54) is 5.56 Å². The molecule has 0 aliphatic carbocycles. The van der Waals surface area contributed by atoms with E-state index in [0.717, 1.165) is 11.4 Å². The minimum atomic E-state index is 0.206. The molecule has 78 valence electrons. The van der Waals surface area contributed by atoms with Gasteiger partial charge in [-0.25, -0.2) is 4.98 Å². The lowest BCUT2D eigenvalue weighted by Gasteiger charge is -2.18. The summed E-state index contributed by atoms with van der Waals surface area (Å²) in [6.45, 7) is 7.26. The largest absolute Gasteiger partial charge is 0.330 e. The van der Waals surface area contributed by atoms with Gasteiger partial charge in [0.1, 0.15) is 0 Å². The molecule has 0 aliphatic heterocycles. The van der Waals surface area contributed by atoms with Crippen molar-refractivity contribution in [2.75, 3.05) is 6.54 Å². The fourth-order valence-electron chi connectivity index (χ4n) is 1.15. The second-order valence-electron chi connectivity index (χ2n) is 4.22. The average Bonchev–Trinajstić information content (AvgIpc) is 2.06. The number of aromatic nitrogens is 1. The van der Waals surface area contributed by atoms with Crippen LogP contribution in [0.2, 0.25) is 0 Å². The molecule has 0 radical (unpaired) electrons. The van der Waals surface area contributed by atoms with Crippen molar-refractivity contribution in [3.8, 4) is 0 Å². The Morgan fingerprint density at radius 2 is 2.14 bits per heavy atom. The Morgan fingerprint density at radius 1 is 1.43 bits per heavy atom. The van der Waals surface area contributed by atoms with Crippen molar-refractivity contribution in [1.29, 1.82) is 0 Å². The van der Waals surface area contributed by atoms with Crippen molar-refractivity contribution in [3.05, 3.63) is 23.9 Å². The molecule has 0 saturated carbocycles. The molecule has 2 N–H and O–H groups in total. The number of thioether (sulfide) groups is 1. The van der Waals surface area contributed by atoms with Crippen LogP contribution in [-0.2, 0) is 6.42 Å². The second kappa shape index (κ2) is 4.80. The summed E-state index contributed by atoms with van der Waals surface area (Å²) in [5.41, 5.74) is 6.82. The molecule has 0 bridgehead atoms. The van der Waals surface area contributed by atoms with Gasteiger partial charge in [-0.3, -0.25) is 0 Å². The van der Waals surface area contributed by atoms with Crippen molar-refractivity contribution in [2.24, 2.45) is 5.73 Å². The summed E-state index contributed by atoms with van der Waals surface area (Å²) >= 11 is 1.80. The van der Waals surface area contributed by atoms with E-state index >= 15 is 0 Å². The third-order valence-electron chi connectivity index (χ3n) is 1.67. The lowest BCUT2D eigenvalue weighted by molar-refractivity contribution is 0.794. The van der Waals surface area contributed by atoms with Crippen molar-refractivity contribution in [2.45, 2.75) is 37.0 Å². The number of hydrogen-bond acceptors (Lipinski definition) is 3. The van der Waals surface area contributed by atoms with Crippen LogP contribution in [0.1, 0.15) is 26.3 Å². The fraction of sp³-hybridized carbons (Fsp3) is 0.545. The van der Waals surface area contributed by atoms with Crippen LogP contribution in [-0.4, -0.2) is 16.3 Å². The maximum absolute atomic E-state index is 5.56. The predicted molar refractivity (Wildman–Crippen MR) is 62.6 cm³/mol. The summed E-state index contributed by atoms with van der Waals surface area (Å²) in [5.74, 6) is 0. The number of hydrogen-bond donors (Lipinski definition) is 1. The first kappa shape index (κ1) is 11.5. The number of nitrogens with zero attached hydrogens (tertiary/aromatic N) is 1. The van der Waals surface area contributed by atoms with Crippen molar-refractivity contribution in [3.63, 3.8) is 0 Å². The maximum atomic E-state index is 5.56. The standard InChI is InChI=1S/C11H18N2S/c1-11(2,3)14-10-9(6-7-12)5-4-8-13-10/h4-5,8H,6-7,12H2,1-3H3. The van der Waals surface area contributed by atoms with Gasteiger partial charge in [-0.1, -0.05) is 26.8 Å². The molecule has 2 nitrogen and oxygen atoms in total. The molecule has 0 atom stereocenters. The summed E-state index contributed by atoms with van der Waals surface area (Å²) in [7, 11) is 0. The van der Waals surface area contributed by atoms with E-state index in [9.17, 15) is 0 Å². The van der Waals surface area contributed by atoms with Crippen LogP contribution >= 0.6 is 11.8 Å². The van der Waals surface area contributed by atoms with Crippen LogP contribution in [0.3, 0.4) is 0 Å². The summed E-state index contributed by atoms with van der Waals surface area (Å²) in [4.78, 5) is 4.39. The first-order valence-corrected chi connectivity index (χ1v) is 5.67. The molecule has 0 aliphatic rings. The van der Waals surface area contributed by atoms with Gasteiger partial charge in [0, 0.05) is 10.9 Å². The molecule has 1 aromatic rings. The molecular weight excluding hydrogens is 192 g/mol. The van der Waals surface area contributed by atoms with Gasteiger partial charge in [-0.05, 0) is 24.6 Å². The predicted octanol–water partition coefficient (Wildman–Crippen LogP) is 2.47. The van der Waals surface area contributed by atoms with Crippen LogP contribution in [0.15, 0.2) is 23.4 Å². The van der Waals surface area contributed by atoms with E-state index in [4.69, 9.17) is 5.73 Å². The third kappa shape index (κ3) is 3.68. The first-order chi connectivity index (χ1) is 6.53. The van der Waals surface area contributed by atoms with Gasteiger partial charge in [0.25, 0.3) is 0 Å². The van der Waals surface area contributed by atoms with Crippen LogP contribution in [0.25, 0.3) is 0 Å². The monoisotopic (exact) mass is 210 g/mol. The van der Waals surface area contributed by atoms with Crippen LogP contribution in [0.5, 0.6) is 0 Å². The molecule has 1 aromatic heterocycles. The third-order valence-corrected chi connectivity index (χ3v) is 2.84. The SMILES string of the molecule is CC(C)(C)Sc1ncccc1CCN. The Kier molecular flexibility index (Phi) is 3.96. The van der Waals surface area contributed by atoms with E-state index in [0.29, 0.717) is 6.54 Å². The zero-order valence-electron chi connectivity index (χ0n) is 9.08. The summed E-state index contributed by atoms with van der Waals surface area (Å²) in [6, 6.07) is 4.08. The normalized spacial score (nSPS) is 11.7. The maximum Gasteiger partial charge on any atom is 0.0997 e. The quantitative estimate of drug-likeness (QED) is 0.779. The Balaban J connectivity index is 2.84. The molecule has 1 rings (SSSR count). The molecule has 1 heterocycles. The smallest absolute Gasteiger partial charge is 0.0997 e. The van der Waals surface area contributed by atoms with Crippen LogP contribution in [0.4, 0.5) is 0 Å². The minimum Gasteiger partial charge on any atom is -0.330 e. The minimum absolute atomic E-state index is 0.206. The highest BCUT2D eigenvalue weighted by Crippen LogP contribution is 2.32. The molecule has 14 heavy (non-hydrogen) atoms. The zero-order chi connectivity index (χ0) is 10.6. The van der Waals surface area contributed by atoms with Crippen molar-refractivity contribution in [1.82, 2.24) is 4.98 Å². The fourth-order valence-corrected chi connectivity index (χ4v) is 2.15. The number of nitrogens with two attached hydrogens (primary N) is 1. The molecule has 0 unspecified atom stereocenters. The molecule has 0 fully saturated rings. The molecule has 0 amide bonds. The highest BCUT2D eigenvalue weighted by Gasteiger charge is 2.15. The van der Waals surface area contributed by atoms with E-state index in [1.807, 2.05) is 12.3 Å². The zero-order valence-corrected chi connectivity index (χ0v) is 9.90. The van der Waals surface area contributed by atoms with E-state index in [1.54, 1.807) is 11.8 Å². The Morgan fingerprint density at radius 3 is 2.71 bits per heavy atom. The summed E-state index contributed by atoms with van der Waals surface area (Å²) in [6.07, 6.45) is 2.75. The molecule has 3 heteroatoms. The van der Waals surface area contributed by atoms with Crippen LogP contribution in [0, 0.1) is 0 Å². The molecule has 0 spiro atoms. The van der Waals surface area contributed by atoms with Crippen molar-refractivity contribution < 1.29 is 0 Å². The Labute approximate surface area is 90.3 Å². The summed E-state index contributed by atoms with van der Waals surface area (Å²) in [5, 5.41) is 1.12. The Hall–Kier alpha value is -0.540. The number of pyridine rings is 1. The first-order valence-electron chi connectivity index (χ1n) is 4.86. The molecular formula is C11H18N2S. The Bertz CT molecular complexity index is 292. The van der Waals surface area contributed by atoms with Gasteiger partial charge in [-0.15, -0.1) is 11.8 Å². The van der Waals surface area contributed by atoms with Gasteiger partial charge < -0.3 is 5.73 Å². The van der Waals surface area contributed by atoms with E-state index in [2.05, 4.69) is 31.8 Å². The highest BCUT2D eigenvalue weighted by atomic mass is 32.2. The highest BCUT2D eigenvalue weighted by molar-refractivity contribution is 8.00. The average molecular weight is 210 g/mol. The molecule has 0 saturated heterocycles. The van der Waals surface area contributed by atoms with E-state index < -0.39 is 0 Å². The van der Waals surface area contributed by atoms with Gasteiger partial charge in [0.05, 0.1) is 5.03 Å². The van der Waals surface area contributed by atoms with Gasteiger partial charge in [0.15, 0.2) is 0 Å². The van der Waals surface area contributed by atoms with Crippen LogP contribution < -0.4 is 5.73 Å². The van der Waals surface area contributed by atoms with Gasteiger partial charge in [-0.2, -0.15) is 0 Å². The van der Waals surface area contributed by atoms with Crippen molar-refractivity contribution >= 4 is 11.8 Å². The van der Waals surface area contributed by atoms with E-state index in [-0.39, 0.29) is 4.75 Å². The lowest BCUT2D eigenvalue weighted by Crippen LogP contribution is -2.10. The molecule has 0 aromatic carbocycles. The van der Waals surface area contributed by atoms with Gasteiger partial charge in [0.2, 0.25) is 0 Å². The lowest BCUT2D eigenvalue weighted by atomic mass is 10.2. The van der Waals surface area contributed by atoms with Gasteiger partial charge >= 0.3 is 0 Å². The topological polar surface area (TPSA) is 38.9 Å². The number of rotatable bonds is 3. The second-order valence-corrected chi connectivity index (χ2v) is 6.04.